The highest BCUT2D eigenvalue weighted by Gasteiger charge is 2.50. The van der Waals surface area contributed by atoms with Gasteiger partial charge in [-0.2, -0.15) is 0 Å². The molecule has 38 heavy (non-hydrogen) atoms. The molecule has 1 aliphatic carbocycles. The molecule has 1 aromatic carbocycles. The Morgan fingerprint density at radius 1 is 0.947 bits per heavy atom. The van der Waals surface area contributed by atoms with Crippen molar-refractivity contribution in [1.29, 1.82) is 0 Å². The van der Waals surface area contributed by atoms with E-state index in [-0.39, 0.29) is 28.8 Å². The van der Waals surface area contributed by atoms with Crippen LogP contribution in [-0.4, -0.2) is 58.9 Å². The van der Waals surface area contributed by atoms with Gasteiger partial charge < -0.3 is 10.2 Å². The highest BCUT2D eigenvalue weighted by molar-refractivity contribution is 5.85. The van der Waals surface area contributed by atoms with Gasteiger partial charge in [0.1, 0.15) is 11.6 Å². The van der Waals surface area contributed by atoms with Gasteiger partial charge in [-0.25, -0.2) is 8.78 Å². The lowest BCUT2D eigenvalue weighted by Crippen LogP contribution is -2.57. The monoisotopic (exact) mass is 531 g/mol. The van der Waals surface area contributed by atoms with Gasteiger partial charge in [-0.1, -0.05) is 25.3 Å². The Kier molecular flexibility index (Phi) is 8.28. The third-order valence-electron chi connectivity index (χ3n) is 9.24. The Morgan fingerprint density at radius 2 is 1.58 bits per heavy atom. The number of nitrogens with one attached hydrogen (secondary N) is 1. The lowest BCUT2D eigenvalue weighted by atomic mass is 9.63. The molecule has 1 aromatic rings. The lowest BCUT2D eigenvalue weighted by Gasteiger charge is -2.48. The second-order valence-electron chi connectivity index (χ2n) is 14.0. The predicted octanol–water partition coefficient (Wildman–Crippen LogP) is 5.88. The fraction of sp³-hybridized carbons (Fsp3) is 0.742. The van der Waals surface area contributed by atoms with Gasteiger partial charge in [0.05, 0.1) is 11.3 Å². The molecular weight excluding hydrogens is 484 g/mol. The second kappa shape index (κ2) is 10.9. The van der Waals surface area contributed by atoms with Crippen LogP contribution in [0.2, 0.25) is 0 Å². The van der Waals surface area contributed by atoms with Gasteiger partial charge >= 0.3 is 0 Å². The number of rotatable bonds is 4. The Balaban J connectivity index is 1.55. The number of likely N-dealkylation sites (tertiary alicyclic amines) is 2. The normalized spacial score (nSPS) is 25.4. The van der Waals surface area contributed by atoms with Crippen molar-refractivity contribution in [2.75, 3.05) is 26.2 Å². The molecule has 0 spiro atoms. The summed E-state index contributed by atoms with van der Waals surface area (Å²) in [5.41, 5.74) is -0.514. The Morgan fingerprint density at radius 3 is 2.13 bits per heavy atom. The maximum absolute atomic E-state index is 14.9. The SMILES string of the molecule is CC(C)(C)NC(=O)C1(C2CCCCC2)CCN(C(=O)C2CN(C(C)(C)C)C[C@H]2c2ccc(F)cc2F)CC1. The number of piperidine rings is 1. The van der Waals surface area contributed by atoms with Crippen LogP contribution in [0.3, 0.4) is 0 Å². The van der Waals surface area contributed by atoms with E-state index in [1.165, 1.54) is 18.6 Å². The molecule has 2 saturated heterocycles. The average Bonchev–Trinajstić information content (AvgIpc) is 3.29. The number of benzene rings is 1. The first-order valence-electron chi connectivity index (χ1n) is 14.5. The number of halogens is 2. The zero-order chi connectivity index (χ0) is 27.9. The van der Waals surface area contributed by atoms with Gasteiger partial charge in [-0.3, -0.25) is 14.5 Å². The lowest BCUT2D eigenvalue weighted by molar-refractivity contribution is -0.148. The Labute approximate surface area is 227 Å². The van der Waals surface area contributed by atoms with Crippen molar-refractivity contribution in [2.24, 2.45) is 17.3 Å². The molecule has 1 unspecified atom stereocenters. The molecule has 1 N–H and O–H groups in total. The van der Waals surface area contributed by atoms with E-state index in [1.54, 1.807) is 0 Å². The summed E-state index contributed by atoms with van der Waals surface area (Å²) in [5.74, 6) is -1.43. The minimum Gasteiger partial charge on any atom is -0.351 e. The van der Waals surface area contributed by atoms with Crippen LogP contribution >= 0.6 is 0 Å². The van der Waals surface area contributed by atoms with Crippen LogP contribution in [0, 0.1) is 28.9 Å². The second-order valence-corrected chi connectivity index (χ2v) is 14.0. The molecule has 2 aliphatic heterocycles. The van der Waals surface area contributed by atoms with Crippen molar-refractivity contribution in [3.63, 3.8) is 0 Å². The van der Waals surface area contributed by atoms with Gasteiger partial charge in [0.2, 0.25) is 11.8 Å². The average molecular weight is 532 g/mol. The molecule has 1 saturated carbocycles. The topological polar surface area (TPSA) is 52.7 Å². The van der Waals surface area contributed by atoms with Crippen molar-refractivity contribution in [3.05, 3.63) is 35.4 Å². The summed E-state index contributed by atoms with van der Waals surface area (Å²) in [7, 11) is 0. The summed E-state index contributed by atoms with van der Waals surface area (Å²) in [5, 5.41) is 3.27. The highest BCUT2D eigenvalue weighted by atomic mass is 19.1. The van der Waals surface area contributed by atoms with Crippen LogP contribution in [-0.2, 0) is 9.59 Å². The van der Waals surface area contributed by atoms with Crippen LogP contribution in [0.15, 0.2) is 18.2 Å². The van der Waals surface area contributed by atoms with Gasteiger partial charge in [0.15, 0.2) is 0 Å². The third-order valence-corrected chi connectivity index (χ3v) is 9.24. The first-order chi connectivity index (χ1) is 17.7. The summed E-state index contributed by atoms with van der Waals surface area (Å²) in [6.45, 7) is 14.5. The van der Waals surface area contributed by atoms with Crippen LogP contribution in [0.1, 0.15) is 98.0 Å². The smallest absolute Gasteiger partial charge is 0.227 e. The van der Waals surface area contributed by atoms with Crippen molar-refractivity contribution < 1.29 is 18.4 Å². The highest BCUT2D eigenvalue weighted by Crippen LogP contribution is 2.47. The van der Waals surface area contributed by atoms with Crippen molar-refractivity contribution in [3.8, 4) is 0 Å². The molecule has 0 bridgehead atoms. The summed E-state index contributed by atoms with van der Waals surface area (Å²) in [4.78, 5) is 31.9. The molecule has 5 nitrogen and oxygen atoms in total. The van der Waals surface area contributed by atoms with Gasteiger partial charge in [0, 0.05) is 49.2 Å². The molecular formula is C31H47F2N3O2. The first kappa shape index (κ1) is 29.0. The molecule has 2 heterocycles. The molecule has 3 fully saturated rings. The van der Waals surface area contributed by atoms with Gasteiger partial charge in [-0.15, -0.1) is 0 Å². The van der Waals surface area contributed by atoms with Crippen LogP contribution in [0.25, 0.3) is 0 Å². The minimum atomic E-state index is -0.608. The molecule has 2 atom stereocenters. The number of carbonyl (C=O) groups excluding carboxylic acids is 2. The van der Waals surface area contributed by atoms with E-state index in [1.807, 2.05) is 25.7 Å². The Hall–Kier alpha value is -2.02. The summed E-state index contributed by atoms with van der Waals surface area (Å²) < 4.78 is 28.6. The molecule has 212 valence electrons. The molecule has 4 rings (SSSR count). The predicted molar refractivity (Wildman–Crippen MR) is 147 cm³/mol. The van der Waals surface area contributed by atoms with Crippen molar-refractivity contribution >= 4 is 11.8 Å². The quantitative estimate of drug-likeness (QED) is 0.528. The van der Waals surface area contributed by atoms with Crippen molar-refractivity contribution in [1.82, 2.24) is 15.1 Å². The van der Waals surface area contributed by atoms with Crippen molar-refractivity contribution in [2.45, 2.75) is 103 Å². The maximum Gasteiger partial charge on any atom is 0.227 e. The standard InChI is InChI=1S/C31H47F2N3O2/c1-29(2,3)34-28(38)31(21-10-8-7-9-11-21)14-16-35(17-15-31)27(37)25-20-36(30(4,5)6)19-24(25)23-13-12-22(32)18-26(23)33/h12-13,18,21,24-25H,7-11,14-17,19-20H2,1-6H3,(H,34,38)/t24-,25?/m0/s1. The fourth-order valence-electron chi connectivity index (χ4n) is 7.02. The summed E-state index contributed by atoms with van der Waals surface area (Å²) >= 11 is 0. The zero-order valence-corrected chi connectivity index (χ0v) is 24.2. The summed E-state index contributed by atoms with van der Waals surface area (Å²) in [6.07, 6.45) is 7.01. The van der Waals surface area contributed by atoms with E-state index in [4.69, 9.17) is 0 Å². The molecule has 0 radical (unpaired) electrons. The number of amides is 2. The van der Waals surface area contributed by atoms with E-state index < -0.39 is 23.0 Å². The fourth-order valence-corrected chi connectivity index (χ4v) is 7.02. The minimum absolute atomic E-state index is 0.0268. The largest absolute Gasteiger partial charge is 0.351 e. The number of hydrogen-bond acceptors (Lipinski definition) is 3. The molecule has 0 aromatic heterocycles. The van der Waals surface area contributed by atoms with Gasteiger partial charge in [0.25, 0.3) is 0 Å². The van der Waals surface area contributed by atoms with Crippen LogP contribution < -0.4 is 5.32 Å². The van der Waals surface area contributed by atoms with Crippen LogP contribution in [0.4, 0.5) is 8.78 Å². The number of hydrogen-bond donors (Lipinski definition) is 1. The number of nitrogens with zero attached hydrogens (tertiary/aromatic N) is 2. The van der Waals surface area contributed by atoms with E-state index in [2.05, 4.69) is 31.0 Å². The van der Waals surface area contributed by atoms with Gasteiger partial charge in [-0.05, 0) is 84.8 Å². The Bertz CT molecular complexity index is 1010. The molecule has 7 heteroatoms. The third kappa shape index (κ3) is 6.08. The zero-order valence-electron chi connectivity index (χ0n) is 24.2. The van der Waals surface area contributed by atoms with E-state index in [0.29, 0.717) is 50.5 Å². The molecule has 2 amide bonds. The molecule has 3 aliphatic rings. The first-order valence-corrected chi connectivity index (χ1v) is 14.5. The maximum atomic E-state index is 14.9. The van der Waals surface area contributed by atoms with E-state index >= 15 is 0 Å². The van der Waals surface area contributed by atoms with E-state index in [0.717, 1.165) is 31.7 Å². The van der Waals surface area contributed by atoms with E-state index in [9.17, 15) is 18.4 Å². The van der Waals surface area contributed by atoms with Crippen LogP contribution in [0.5, 0.6) is 0 Å². The summed E-state index contributed by atoms with van der Waals surface area (Å²) in [6, 6.07) is 3.71. The number of carbonyl (C=O) groups is 2.